The molecule has 0 unspecified atom stereocenters. The third-order valence-electron chi connectivity index (χ3n) is 4.39. The van der Waals surface area contributed by atoms with Crippen molar-refractivity contribution in [2.75, 3.05) is 13.1 Å². The van der Waals surface area contributed by atoms with Crippen molar-refractivity contribution in [3.63, 3.8) is 0 Å². The minimum atomic E-state index is -0.569. The second kappa shape index (κ2) is 7.35. The van der Waals surface area contributed by atoms with Crippen molar-refractivity contribution >= 4 is 5.91 Å². The van der Waals surface area contributed by atoms with Crippen molar-refractivity contribution in [1.29, 1.82) is 5.26 Å². The molecule has 25 heavy (non-hydrogen) atoms. The van der Waals surface area contributed by atoms with Gasteiger partial charge in [-0.2, -0.15) is 5.26 Å². The molecule has 1 aliphatic heterocycles. The predicted molar refractivity (Wildman–Crippen MR) is 91.8 cm³/mol. The van der Waals surface area contributed by atoms with E-state index in [1.807, 2.05) is 37.3 Å². The lowest BCUT2D eigenvalue weighted by molar-refractivity contribution is 0.0594. The summed E-state index contributed by atoms with van der Waals surface area (Å²) in [5.74, 6) is 0.0570. The molecule has 0 radical (unpaired) electrons. The zero-order valence-corrected chi connectivity index (χ0v) is 14.0. The molecule has 0 aromatic heterocycles. The SMILES string of the molecule is Cc1ccccc1OC1CCN(C(=O)c2cc(F)cc(C#N)c2)CC1. The van der Waals surface area contributed by atoms with Crippen molar-refractivity contribution in [3.8, 4) is 11.8 Å². The number of hydrogen-bond acceptors (Lipinski definition) is 3. The highest BCUT2D eigenvalue weighted by atomic mass is 19.1. The van der Waals surface area contributed by atoms with E-state index in [1.165, 1.54) is 12.1 Å². The Hall–Kier alpha value is -2.87. The third kappa shape index (κ3) is 3.97. The first-order valence-corrected chi connectivity index (χ1v) is 8.29. The fraction of sp³-hybridized carbons (Fsp3) is 0.300. The van der Waals surface area contributed by atoms with Gasteiger partial charge in [0.25, 0.3) is 5.91 Å². The number of aryl methyl sites for hydroxylation is 1. The van der Waals surface area contributed by atoms with Crippen LogP contribution in [-0.4, -0.2) is 30.0 Å². The minimum Gasteiger partial charge on any atom is -0.490 e. The van der Waals surface area contributed by atoms with Gasteiger partial charge in [-0.3, -0.25) is 4.79 Å². The number of ether oxygens (including phenoxy) is 1. The minimum absolute atomic E-state index is 0.0623. The lowest BCUT2D eigenvalue weighted by Crippen LogP contribution is -2.41. The standard InChI is InChI=1S/C20H19FN2O2/c1-14-4-2-3-5-19(14)25-18-6-8-23(9-7-18)20(24)16-10-15(13-22)11-17(21)12-16/h2-5,10-12,18H,6-9H2,1H3. The second-order valence-corrected chi connectivity index (χ2v) is 6.22. The summed E-state index contributed by atoms with van der Waals surface area (Å²) in [6, 6.07) is 13.5. The van der Waals surface area contributed by atoms with Gasteiger partial charge < -0.3 is 9.64 Å². The summed E-state index contributed by atoms with van der Waals surface area (Å²) in [5.41, 5.74) is 1.46. The van der Waals surface area contributed by atoms with E-state index >= 15 is 0 Å². The molecular weight excluding hydrogens is 319 g/mol. The number of para-hydroxylation sites is 1. The topological polar surface area (TPSA) is 53.3 Å². The van der Waals surface area contributed by atoms with Gasteiger partial charge in [-0.05, 0) is 36.8 Å². The van der Waals surface area contributed by atoms with E-state index in [2.05, 4.69) is 0 Å². The molecule has 0 atom stereocenters. The molecule has 2 aromatic rings. The van der Waals surface area contributed by atoms with E-state index in [1.54, 1.807) is 4.90 Å². The van der Waals surface area contributed by atoms with E-state index < -0.39 is 5.82 Å². The van der Waals surface area contributed by atoms with Crippen LogP contribution in [0.15, 0.2) is 42.5 Å². The van der Waals surface area contributed by atoms with E-state index in [4.69, 9.17) is 10.00 Å². The quantitative estimate of drug-likeness (QED) is 0.858. The molecule has 0 saturated carbocycles. The summed E-state index contributed by atoms with van der Waals surface area (Å²) in [6.45, 7) is 3.10. The molecule has 1 heterocycles. The summed E-state index contributed by atoms with van der Waals surface area (Å²) in [4.78, 5) is 14.2. The molecule has 1 saturated heterocycles. The molecule has 1 amide bonds. The largest absolute Gasteiger partial charge is 0.490 e. The Morgan fingerprint density at radius 3 is 2.64 bits per heavy atom. The highest BCUT2D eigenvalue weighted by molar-refractivity contribution is 5.94. The summed E-state index contributed by atoms with van der Waals surface area (Å²) < 4.78 is 19.6. The summed E-state index contributed by atoms with van der Waals surface area (Å²) in [6.07, 6.45) is 1.51. The molecule has 5 heteroatoms. The Morgan fingerprint density at radius 2 is 1.96 bits per heavy atom. The van der Waals surface area contributed by atoms with E-state index in [0.29, 0.717) is 13.1 Å². The monoisotopic (exact) mass is 338 g/mol. The Morgan fingerprint density at radius 1 is 1.24 bits per heavy atom. The smallest absolute Gasteiger partial charge is 0.254 e. The maximum atomic E-state index is 13.5. The zero-order valence-electron chi connectivity index (χ0n) is 14.0. The van der Waals surface area contributed by atoms with Crippen molar-refractivity contribution in [3.05, 3.63) is 65.0 Å². The van der Waals surface area contributed by atoms with Gasteiger partial charge in [0.1, 0.15) is 17.7 Å². The number of hydrogen-bond donors (Lipinski definition) is 0. The van der Waals surface area contributed by atoms with Crippen LogP contribution in [-0.2, 0) is 0 Å². The van der Waals surface area contributed by atoms with Crippen LogP contribution in [0, 0.1) is 24.1 Å². The molecular formula is C20H19FN2O2. The van der Waals surface area contributed by atoms with Gasteiger partial charge in [-0.1, -0.05) is 18.2 Å². The van der Waals surface area contributed by atoms with E-state index in [0.717, 1.165) is 30.2 Å². The first kappa shape index (κ1) is 17.0. The Bertz CT molecular complexity index is 821. The van der Waals surface area contributed by atoms with Gasteiger partial charge in [-0.25, -0.2) is 4.39 Å². The van der Waals surface area contributed by atoms with Crippen molar-refractivity contribution in [2.24, 2.45) is 0 Å². The molecule has 0 spiro atoms. The van der Waals surface area contributed by atoms with Gasteiger partial charge in [0, 0.05) is 31.5 Å². The number of carbonyl (C=O) groups excluding carboxylic acids is 1. The number of carbonyl (C=O) groups is 1. The van der Waals surface area contributed by atoms with Crippen LogP contribution < -0.4 is 4.74 Å². The normalized spacial score (nSPS) is 14.8. The number of nitrogens with zero attached hydrogens (tertiary/aromatic N) is 2. The highest BCUT2D eigenvalue weighted by Gasteiger charge is 2.25. The average Bonchev–Trinajstić information content (AvgIpc) is 2.63. The Labute approximate surface area is 146 Å². The molecule has 0 aliphatic carbocycles. The van der Waals surface area contributed by atoms with E-state index in [-0.39, 0.29) is 23.1 Å². The van der Waals surface area contributed by atoms with Crippen LogP contribution >= 0.6 is 0 Å². The molecule has 3 rings (SSSR count). The molecule has 1 fully saturated rings. The van der Waals surface area contributed by atoms with Crippen LogP contribution in [0.5, 0.6) is 5.75 Å². The number of nitriles is 1. The Balaban J connectivity index is 1.62. The van der Waals surface area contributed by atoms with Crippen LogP contribution in [0.2, 0.25) is 0 Å². The fourth-order valence-electron chi connectivity index (χ4n) is 3.01. The first-order valence-electron chi connectivity index (χ1n) is 8.29. The summed E-state index contributed by atoms with van der Waals surface area (Å²) in [7, 11) is 0. The van der Waals surface area contributed by atoms with Gasteiger partial charge >= 0.3 is 0 Å². The lowest BCUT2D eigenvalue weighted by atomic mass is 10.0. The summed E-state index contributed by atoms with van der Waals surface area (Å²) in [5, 5.41) is 8.92. The van der Waals surface area contributed by atoms with Gasteiger partial charge in [0.05, 0.1) is 11.6 Å². The van der Waals surface area contributed by atoms with E-state index in [9.17, 15) is 9.18 Å². The van der Waals surface area contributed by atoms with Gasteiger partial charge in [-0.15, -0.1) is 0 Å². The maximum absolute atomic E-state index is 13.5. The van der Waals surface area contributed by atoms with Gasteiger partial charge in [0.2, 0.25) is 0 Å². The van der Waals surface area contributed by atoms with Crippen LogP contribution in [0.1, 0.15) is 34.3 Å². The number of amides is 1. The molecule has 0 bridgehead atoms. The predicted octanol–water partition coefficient (Wildman–Crippen LogP) is 3.69. The highest BCUT2D eigenvalue weighted by Crippen LogP contribution is 2.23. The third-order valence-corrected chi connectivity index (χ3v) is 4.39. The number of piperidine rings is 1. The number of rotatable bonds is 3. The molecule has 0 N–H and O–H groups in total. The van der Waals surface area contributed by atoms with Crippen molar-refractivity contribution in [2.45, 2.75) is 25.9 Å². The Kier molecular flexibility index (Phi) is 4.99. The van der Waals surface area contributed by atoms with Crippen LogP contribution in [0.25, 0.3) is 0 Å². The molecule has 2 aromatic carbocycles. The molecule has 4 nitrogen and oxygen atoms in total. The second-order valence-electron chi connectivity index (χ2n) is 6.22. The molecule has 1 aliphatic rings. The summed E-state index contributed by atoms with van der Waals surface area (Å²) >= 11 is 0. The van der Waals surface area contributed by atoms with Crippen LogP contribution in [0.4, 0.5) is 4.39 Å². The first-order chi connectivity index (χ1) is 12.1. The van der Waals surface area contributed by atoms with Crippen LogP contribution in [0.3, 0.4) is 0 Å². The number of benzene rings is 2. The van der Waals surface area contributed by atoms with Crippen molar-refractivity contribution < 1.29 is 13.9 Å². The maximum Gasteiger partial charge on any atom is 0.254 e. The number of likely N-dealkylation sites (tertiary alicyclic amines) is 1. The molecule has 128 valence electrons. The number of halogens is 1. The van der Waals surface area contributed by atoms with Crippen molar-refractivity contribution in [1.82, 2.24) is 4.90 Å². The lowest BCUT2D eigenvalue weighted by Gasteiger charge is -2.32. The zero-order chi connectivity index (χ0) is 17.8. The fourth-order valence-corrected chi connectivity index (χ4v) is 3.01. The van der Waals surface area contributed by atoms with Gasteiger partial charge in [0.15, 0.2) is 0 Å². The average molecular weight is 338 g/mol.